The summed E-state index contributed by atoms with van der Waals surface area (Å²) in [7, 11) is 0. The van der Waals surface area contributed by atoms with E-state index < -0.39 is 0 Å². The highest BCUT2D eigenvalue weighted by molar-refractivity contribution is 5.92. The van der Waals surface area contributed by atoms with Crippen molar-refractivity contribution >= 4 is 34.7 Å². The molecule has 10 heteroatoms. The molecule has 0 saturated heterocycles. The number of nitrogens with zero attached hydrogens (tertiary/aromatic N) is 5. The Morgan fingerprint density at radius 1 is 0.812 bits per heavy atom. The lowest BCUT2D eigenvalue weighted by molar-refractivity contribution is -0.118. The predicted molar refractivity (Wildman–Crippen MR) is 120 cm³/mol. The SMILES string of the molecule is Cc1ccnc(Nc2cc(Nc3ccc(NC(=O)COc4ncccn4)cc3)ncn2)c1. The molecule has 160 valence electrons. The van der Waals surface area contributed by atoms with Crippen LogP contribution in [0.4, 0.5) is 28.8 Å². The summed E-state index contributed by atoms with van der Waals surface area (Å²) in [5.41, 5.74) is 2.53. The van der Waals surface area contributed by atoms with Gasteiger partial charge in [0.25, 0.3) is 5.91 Å². The Morgan fingerprint density at radius 2 is 1.50 bits per heavy atom. The molecule has 0 fully saturated rings. The Hall–Kier alpha value is -4.60. The van der Waals surface area contributed by atoms with Gasteiger partial charge in [-0.2, -0.15) is 0 Å². The number of nitrogens with one attached hydrogen (secondary N) is 3. The zero-order valence-corrected chi connectivity index (χ0v) is 17.2. The van der Waals surface area contributed by atoms with Gasteiger partial charge in [-0.1, -0.05) is 0 Å². The Labute approximate surface area is 184 Å². The number of aryl methyl sites for hydroxylation is 1. The fourth-order valence-corrected chi connectivity index (χ4v) is 2.70. The molecular formula is C22H20N8O2. The summed E-state index contributed by atoms with van der Waals surface area (Å²) in [6.07, 6.45) is 6.29. The van der Waals surface area contributed by atoms with E-state index in [2.05, 4.69) is 40.9 Å². The van der Waals surface area contributed by atoms with Gasteiger partial charge in [0, 0.05) is 36.0 Å². The molecule has 1 amide bonds. The summed E-state index contributed by atoms with van der Waals surface area (Å²) in [4.78, 5) is 32.6. The van der Waals surface area contributed by atoms with E-state index in [0.29, 0.717) is 23.1 Å². The van der Waals surface area contributed by atoms with Crippen LogP contribution in [0.25, 0.3) is 0 Å². The zero-order valence-electron chi connectivity index (χ0n) is 17.2. The fourth-order valence-electron chi connectivity index (χ4n) is 2.70. The molecule has 0 aliphatic rings. The maximum atomic E-state index is 12.0. The molecule has 0 radical (unpaired) electrons. The van der Waals surface area contributed by atoms with Crippen LogP contribution in [0.5, 0.6) is 6.01 Å². The highest BCUT2D eigenvalue weighted by Gasteiger charge is 2.06. The van der Waals surface area contributed by atoms with Crippen LogP contribution in [0, 0.1) is 6.92 Å². The van der Waals surface area contributed by atoms with Gasteiger partial charge < -0.3 is 20.7 Å². The molecule has 3 N–H and O–H groups in total. The van der Waals surface area contributed by atoms with Crippen LogP contribution >= 0.6 is 0 Å². The molecule has 0 aliphatic carbocycles. The number of amides is 1. The summed E-state index contributed by atoms with van der Waals surface area (Å²) in [5.74, 6) is 1.63. The van der Waals surface area contributed by atoms with Crippen LogP contribution in [0.1, 0.15) is 5.56 Å². The van der Waals surface area contributed by atoms with Crippen molar-refractivity contribution < 1.29 is 9.53 Å². The second kappa shape index (κ2) is 9.94. The van der Waals surface area contributed by atoms with Gasteiger partial charge in [0.1, 0.15) is 23.8 Å². The van der Waals surface area contributed by atoms with Gasteiger partial charge in [-0.3, -0.25) is 4.79 Å². The maximum Gasteiger partial charge on any atom is 0.316 e. The quantitative estimate of drug-likeness (QED) is 0.386. The third-order valence-electron chi connectivity index (χ3n) is 4.15. The summed E-state index contributed by atoms with van der Waals surface area (Å²) in [5, 5.41) is 9.11. The Kier molecular flexibility index (Phi) is 6.42. The smallest absolute Gasteiger partial charge is 0.316 e. The number of carbonyl (C=O) groups is 1. The van der Waals surface area contributed by atoms with E-state index in [4.69, 9.17) is 4.74 Å². The monoisotopic (exact) mass is 428 g/mol. The molecule has 10 nitrogen and oxygen atoms in total. The van der Waals surface area contributed by atoms with Crippen LogP contribution in [0.3, 0.4) is 0 Å². The van der Waals surface area contributed by atoms with E-state index in [1.165, 1.54) is 6.33 Å². The van der Waals surface area contributed by atoms with Crippen molar-refractivity contribution in [3.8, 4) is 6.01 Å². The van der Waals surface area contributed by atoms with Crippen molar-refractivity contribution in [1.29, 1.82) is 0 Å². The van der Waals surface area contributed by atoms with Crippen molar-refractivity contribution in [3.63, 3.8) is 0 Å². The fraction of sp³-hybridized carbons (Fsp3) is 0.0909. The minimum absolute atomic E-state index is 0.152. The number of hydrogen-bond donors (Lipinski definition) is 3. The number of benzene rings is 1. The topological polar surface area (TPSA) is 127 Å². The highest BCUT2D eigenvalue weighted by Crippen LogP contribution is 2.20. The maximum absolute atomic E-state index is 12.0. The highest BCUT2D eigenvalue weighted by atomic mass is 16.5. The first-order chi connectivity index (χ1) is 15.6. The van der Waals surface area contributed by atoms with Crippen molar-refractivity contribution in [3.05, 3.63) is 79.0 Å². The van der Waals surface area contributed by atoms with Gasteiger partial charge in [0.05, 0.1) is 0 Å². The number of anilines is 5. The third-order valence-corrected chi connectivity index (χ3v) is 4.15. The van der Waals surface area contributed by atoms with Crippen molar-refractivity contribution in [1.82, 2.24) is 24.9 Å². The van der Waals surface area contributed by atoms with Gasteiger partial charge in [0.2, 0.25) is 0 Å². The zero-order chi connectivity index (χ0) is 22.2. The lowest BCUT2D eigenvalue weighted by atomic mass is 10.2. The summed E-state index contributed by atoms with van der Waals surface area (Å²) < 4.78 is 5.23. The van der Waals surface area contributed by atoms with Gasteiger partial charge in [-0.05, 0) is 55.0 Å². The second-order valence-corrected chi connectivity index (χ2v) is 6.70. The molecule has 0 atom stereocenters. The minimum atomic E-state index is -0.311. The van der Waals surface area contributed by atoms with E-state index in [0.717, 1.165) is 11.3 Å². The van der Waals surface area contributed by atoms with E-state index in [1.54, 1.807) is 42.9 Å². The van der Waals surface area contributed by atoms with Gasteiger partial charge >= 0.3 is 6.01 Å². The third kappa shape index (κ3) is 5.95. The van der Waals surface area contributed by atoms with Crippen LogP contribution in [0.2, 0.25) is 0 Å². The molecule has 0 saturated carbocycles. The largest absolute Gasteiger partial charge is 0.453 e. The Morgan fingerprint density at radius 3 is 2.25 bits per heavy atom. The second-order valence-electron chi connectivity index (χ2n) is 6.70. The number of pyridine rings is 1. The van der Waals surface area contributed by atoms with E-state index in [9.17, 15) is 4.79 Å². The number of ether oxygens (including phenoxy) is 1. The Balaban J connectivity index is 1.32. The first-order valence-corrected chi connectivity index (χ1v) is 9.72. The van der Waals surface area contributed by atoms with Crippen LogP contribution < -0.4 is 20.7 Å². The summed E-state index contributed by atoms with van der Waals surface area (Å²) in [6, 6.07) is 14.7. The average Bonchev–Trinajstić information content (AvgIpc) is 2.80. The standard InChI is InChI=1S/C22H20N8O2/c1-15-7-10-23-18(11-15)30-20-12-19(26-14-27-20)28-16-3-5-17(6-4-16)29-21(31)13-32-22-24-8-2-9-25-22/h2-12,14H,13H2,1H3,(H,29,31)(H2,23,26,27,28,30). The van der Waals surface area contributed by atoms with Crippen LogP contribution in [0.15, 0.2) is 73.4 Å². The number of hydrogen-bond acceptors (Lipinski definition) is 9. The van der Waals surface area contributed by atoms with Crippen molar-refractivity contribution in [2.45, 2.75) is 6.92 Å². The normalized spacial score (nSPS) is 10.3. The molecular weight excluding hydrogens is 408 g/mol. The van der Waals surface area contributed by atoms with Gasteiger partial charge in [-0.15, -0.1) is 0 Å². The first-order valence-electron chi connectivity index (χ1n) is 9.72. The molecule has 4 aromatic rings. The van der Waals surface area contributed by atoms with Gasteiger partial charge in [0.15, 0.2) is 6.61 Å². The molecule has 4 rings (SSSR count). The van der Waals surface area contributed by atoms with E-state index >= 15 is 0 Å². The van der Waals surface area contributed by atoms with E-state index in [-0.39, 0.29) is 18.5 Å². The molecule has 3 heterocycles. The molecule has 0 bridgehead atoms. The minimum Gasteiger partial charge on any atom is -0.453 e. The Bertz CT molecular complexity index is 1190. The molecule has 0 unspecified atom stereocenters. The first kappa shape index (κ1) is 20.7. The van der Waals surface area contributed by atoms with Gasteiger partial charge in [-0.25, -0.2) is 24.9 Å². The average molecular weight is 428 g/mol. The number of rotatable bonds is 8. The summed E-state index contributed by atoms with van der Waals surface area (Å²) in [6.45, 7) is 1.81. The lowest BCUT2D eigenvalue weighted by Crippen LogP contribution is -2.20. The number of aromatic nitrogens is 5. The van der Waals surface area contributed by atoms with Crippen LogP contribution in [-0.4, -0.2) is 37.4 Å². The molecule has 1 aromatic carbocycles. The molecule has 3 aromatic heterocycles. The van der Waals surface area contributed by atoms with Crippen LogP contribution in [-0.2, 0) is 4.79 Å². The molecule has 32 heavy (non-hydrogen) atoms. The van der Waals surface area contributed by atoms with Crippen molar-refractivity contribution in [2.24, 2.45) is 0 Å². The predicted octanol–water partition coefficient (Wildman–Crippen LogP) is 3.47. The molecule has 0 aliphatic heterocycles. The molecule has 0 spiro atoms. The van der Waals surface area contributed by atoms with Crippen molar-refractivity contribution in [2.75, 3.05) is 22.6 Å². The summed E-state index contributed by atoms with van der Waals surface area (Å²) >= 11 is 0. The lowest BCUT2D eigenvalue weighted by Gasteiger charge is -2.10. The van der Waals surface area contributed by atoms with E-state index in [1.807, 2.05) is 31.2 Å². The number of carbonyl (C=O) groups excluding carboxylic acids is 1.